The van der Waals surface area contributed by atoms with Crippen LogP contribution >= 0.6 is 11.3 Å². The number of hydrogen-bond donors (Lipinski definition) is 1. The Bertz CT molecular complexity index is 397. The van der Waals surface area contributed by atoms with Gasteiger partial charge in [0.15, 0.2) is 5.69 Å². The van der Waals surface area contributed by atoms with Crippen molar-refractivity contribution in [1.29, 1.82) is 0 Å². The fourth-order valence-electron chi connectivity index (χ4n) is 2.15. The molecule has 0 amide bonds. The Labute approximate surface area is 105 Å². The molecule has 17 heavy (non-hydrogen) atoms. The molecule has 1 fully saturated rings. The standard InChI is InChI=1S/C12H18N2O2S/c1-8-3-5-14(6-4-8)9(2)11-13-10(7-17-11)12(15)16/h7-9H,3-6H2,1-2H3,(H,15,16). The average Bonchev–Trinajstić information content (AvgIpc) is 2.78. The van der Waals surface area contributed by atoms with Crippen molar-refractivity contribution in [2.75, 3.05) is 13.1 Å². The minimum atomic E-state index is -0.938. The van der Waals surface area contributed by atoms with Gasteiger partial charge in [0.05, 0.1) is 6.04 Å². The van der Waals surface area contributed by atoms with Gasteiger partial charge in [0.25, 0.3) is 0 Å². The van der Waals surface area contributed by atoms with Crippen LogP contribution in [0.25, 0.3) is 0 Å². The molecule has 1 saturated heterocycles. The molecule has 1 atom stereocenters. The molecule has 5 heteroatoms. The molecule has 0 spiro atoms. The van der Waals surface area contributed by atoms with Crippen LogP contribution in [-0.4, -0.2) is 34.0 Å². The number of carboxylic acids is 1. The lowest BCUT2D eigenvalue weighted by Crippen LogP contribution is -2.34. The maximum absolute atomic E-state index is 10.8. The lowest BCUT2D eigenvalue weighted by molar-refractivity contribution is 0.0690. The molecule has 0 radical (unpaired) electrons. The Hall–Kier alpha value is -0.940. The SMILES string of the molecule is CC1CCN(C(C)c2nc(C(=O)O)cs2)CC1. The van der Waals surface area contributed by atoms with Crippen LogP contribution in [0.2, 0.25) is 0 Å². The van der Waals surface area contributed by atoms with Gasteiger partial charge >= 0.3 is 5.97 Å². The van der Waals surface area contributed by atoms with Crippen LogP contribution in [0.5, 0.6) is 0 Å². The number of hydrogen-bond acceptors (Lipinski definition) is 4. The summed E-state index contributed by atoms with van der Waals surface area (Å²) in [5.74, 6) is -0.128. The van der Waals surface area contributed by atoms with E-state index in [9.17, 15) is 4.79 Å². The second-order valence-corrected chi connectivity index (χ2v) is 5.66. The van der Waals surface area contributed by atoms with E-state index in [1.54, 1.807) is 5.38 Å². The van der Waals surface area contributed by atoms with E-state index in [4.69, 9.17) is 5.11 Å². The number of rotatable bonds is 3. The Balaban J connectivity index is 2.03. The number of carbonyl (C=O) groups is 1. The summed E-state index contributed by atoms with van der Waals surface area (Å²) in [4.78, 5) is 17.4. The summed E-state index contributed by atoms with van der Waals surface area (Å²) in [7, 11) is 0. The maximum atomic E-state index is 10.8. The van der Waals surface area contributed by atoms with Crippen molar-refractivity contribution < 1.29 is 9.90 Å². The maximum Gasteiger partial charge on any atom is 0.355 e. The van der Waals surface area contributed by atoms with E-state index in [-0.39, 0.29) is 11.7 Å². The zero-order chi connectivity index (χ0) is 12.4. The Kier molecular flexibility index (Phi) is 3.79. The van der Waals surface area contributed by atoms with E-state index in [1.807, 2.05) is 0 Å². The van der Waals surface area contributed by atoms with Crippen molar-refractivity contribution in [3.63, 3.8) is 0 Å². The molecule has 1 aromatic heterocycles. The van der Waals surface area contributed by atoms with E-state index < -0.39 is 5.97 Å². The molecule has 0 bridgehead atoms. The number of nitrogens with zero attached hydrogens (tertiary/aromatic N) is 2. The summed E-state index contributed by atoms with van der Waals surface area (Å²) < 4.78 is 0. The van der Waals surface area contributed by atoms with Gasteiger partial charge in [-0.15, -0.1) is 11.3 Å². The quantitative estimate of drug-likeness (QED) is 0.901. The van der Waals surface area contributed by atoms with Crippen molar-refractivity contribution in [2.45, 2.75) is 32.7 Å². The van der Waals surface area contributed by atoms with Crippen LogP contribution in [0, 0.1) is 5.92 Å². The Morgan fingerprint density at radius 3 is 2.76 bits per heavy atom. The number of aromatic nitrogens is 1. The first-order valence-corrected chi connectivity index (χ1v) is 6.88. The number of aromatic carboxylic acids is 1. The molecular weight excluding hydrogens is 236 g/mol. The third-order valence-corrected chi connectivity index (χ3v) is 4.48. The molecule has 1 aliphatic heterocycles. The summed E-state index contributed by atoms with van der Waals surface area (Å²) in [6.45, 7) is 6.57. The first-order valence-electron chi connectivity index (χ1n) is 6.00. The molecule has 1 aliphatic rings. The van der Waals surface area contributed by atoms with E-state index in [2.05, 4.69) is 23.7 Å². The molecule has 0 aliphatic carbocycles. The second-order valence-electron chi connectivity index (χ2n) is 4.77. The van der Waals surface area contributed by atoms with Crippen molar-refractivity contribution in [1.82, 2.24) is 9.88 Å². The Morgan fingerprint density at radius 1 is 1.59 bits per heavy atom. The predicted molar refractivity (Wildman–Crippen MR) is 67.5 cm³/mol. The highest BCUT2D eigenvalue weighted by atomic mass is 32.1. The molecule has 0 aromatic carbocycles. The first-order chi connectivity index (χ1) is 8.08. The second kappa shape index (κ2) is 5.14. The summed E-state index contributed by atoms with van der Waals surface area (Å²) in [6, 6.07) is 0.237. The van der Waals surface area contributed by atoms with Gasteiger partial charge < -0.3 is 5.11 Å². The number of piperidine rings is 1. The van der Waals surface area contributed by atoms with Crippen LogP contribution in [0.4, 0.5) is 0 Å². The highest BCUT2D eigenvalue weighted by Gasteiger charge is 2.23. The van der Waals surface area contributed by atoms with Crippen LogP contribution in [0.15, 0.2) is 5.38 Å². The fourth-order valence-corrected chi connectivity index (χ4v) is 3.03. The smallest absolute Gasteiger partial charge is 0.355 e. The molecule has 1 N–H and O–H groups in total. The van der Waals surface area contributed by atoms with Gasteiger partial charge in [-0.3, -0.25) is 4.90 Å². The molecule has 1 aromatic rings. The summed E-state index contributed by atoms with van der Waals surface area (Å²) >= 11 is 1.45. The fraction of sp³-hybridized carbons (Fsp3) is 0.667. The minimum Gasteiger partial charge on any atom is -0.476 e. The van der Waals surface area contributed by atoms with Gasteiger partial charge in [-0.1, -0.05) is 6.92 Å². The van der Waals surface area contributed by atoms with Crippen molar-refractivity contribution in [3.8, 4) is 0 Å². The largest absolute Gasteiger partial charge is 0.476 e. The summed E-state index contributed by atoms with van der Waals surface area (Å²) in [5.41, 5.74) is 0.169. The monoisotopic (exact) mass is 254 g/mol. The molecule has 1 unspecified atom stereocenters. The van der Waals surface area contributed by atoms with E-state index in [0.29, 0.717) is 0 Å². The number of thiazole rings is 1. The zero-order valence-corrected chi connectivity index (χ0v) is 11.0. The van der Waals surface area contributed by atoms with Gasteiger partial charge in [0.2, 0.25) is 0 Å². The third-order valence-electron chi connectivity index (χ3n) is 3.46. The topological polar surface area (TPSA) is 53.4 Å². The number of likely N-dealkylation sites (tertiary alicyclic amines) is 1. The lowest BCUT2D eigenvalue weighted by atomic mass is 9.98. The van der Waals surface area contributed by atoms with Crippen LogP contribution in [0.3, 0.4) is 0 Å². The summed E-state index contributed by atoms with van der Waals surface area (Å²) in [6.07, 6.45) is 2.45. The highest BCUT2D eigenvalue weighted by Crippen LogP contribution is 2.28. The molecule has 0 saturated carbocycles. The molecule has 2 rings (SSSR count). The Morgan fingerprint density at radius 2 is 2.24 bits per heavy atom. The lowest BCUT2D eigenvalue weighted by Gasteiger charge is -2.33. The highest BCUT2D eigenvalue weighted by molar-refractivity contribution is 7.09. The molecule has 2 heterocycles. The molecule has 4 nitrogen and oxygen atoms in total. The summed E-state index contributed by atoms with van der Waals surface area (Å²) in [5, 5.41) is 11.4. The van der Waals surface area contributed by atoms with Crippen LogP contribution < -0.4 is 0 Å². The van der Waals surface area contributed by atoms with Gasteiger partial charge in [-0.25, -0.2) is 9.78 Å². The van der Waals surface area contributed by atoms with E-state index >= 15 is 0 Å². The molecule has 94 valence electrons. The first kappa shape index (κ1) is 12.5. The van der Waals surface area contributed by atoms with Crippen LogP contribution in [-0.2, 0) is 0 Å². The third kappa shape index (κ3) is 2.84. The van der Waals surface area contributed by atoms with Gasteiger partial charge in [0, 0.05) is 5.38 Å². The van der Waals surface area contributed by atoms with Crippen molar-refractivity contribution in [2.24, 2.45) is 5.92 Å². The molecular formula is C12H18N2O2S. The van der Waals surface area contributed by atoms with Crippen LogP contribution in [0.1, 0.15) is 48.2 Å². The van der Waals surface area contributed by atoms with Crippen molar-refractivity contribution >= 4 is 17.3 Å². The van der Waals surface area contributed by atoms with E-state index in [0.717, 1.165) is 24.0 Å². The van der Waals surface area contributed by atoms with Gasteiger partial charge in [-0.05, 0) is 38.8 Å². The predicted octanol–water partition coefficient (Wildman–Crippen LogP) is 2.63. The number of carboxylic acid groups (broad SMARTS) is 1. The minimum absolute atomic E-state index is 0.169. The van der Waals surface area contributed by atoms with Gasteiger partial charge in [-0.2, -0.15) is 0 Å². The normalized spacial score (nSPS) is 20.4. The van der Waals surface area contributed by atoms with Gasteiger partial charge in [0.1, 0.15) is 5.01 Å². The zero-order valence-electron chi connectivity index (χ0n) is 10.2. The average molecular weight is 254 g/mol. The van der Waals surface area contributed by atoms with E-state index in [1.165, 1.54) is 24.2 Å². The van der Waals surface area contributed by atoms with Crippen molar-refractivity contribution in [3.05, 3.63) is 16.1 Å².